The van der Waals surface area contributed by atoms with Crippen molar-refractivity contribution in [2.75, 3.05) is 30.4 Å². The number of anilines is 2. The van der Waals surface area contributed by atoms with Crippen LogP contribution in [-0.4, -0.2) is 62.3 Å². The third kappa shape index (κ3) is 7.67. The number of rotatable bonds is 14. The molecule has 0 saturated heterocycles. The average Bonchev–Trinajstić information content (AvgIpc) is 3.62. The summed E-state index contributed by atoms with van der Waals surface area (Å²) in [5, 5.41) is 4.37. The Hall–Kier alpha value is -3.16. The third-order valence-corrected chi connectivity index (χ3v) is 7.94. The average molecular weight is 535 g/mol. The number of hydrogen-bond acceptors (Lipinski definition) is 10. The first-order valence-electron chi connectivity index (χ1n) is 11.3. The summed E-state index contributed by atoms with van der Waals surface area (Å²) in [5.74, 6) is -0.267. The van der Waals surface area contributed by atoms with Gasteiger partial charge in [0.1, 0.15) is 5.82 Å². The van der Waals surface area contributed by atoms with Crippen LogP contribution in [0.5, 0.6) is 0 Å². The van der Waals surface area contributed by atoms with Crippen LogP contribution in [0.2, 0.25) is 0 Å². The van der Waals surface area contributed by atoms with Gasteiger partial charge in [-0.1, -0.05) is 0 Å². The molecule has 1 saturated carbocycles. The fourth-order valence-corrected chi connectivity index (χ4v) is 5.54. The summed E-state index contributed by atoms with van der Waals surface area (Å²) in [7, 11) is -1.88. The highest BCUT2D eigenvalue weighted by atomic mass is 32.2. The number of pyridine rings is 1. The number of hydrogen-bond donors (Lipinski definition) is 2. The first-order valence-corrected chi connectivity index (χ1v) is 13.8. The highest BCUT2D eigenvalue weighted by molar-refractivity contribution is 7.93. The molecule has 1 fully saturated rings. The van der Waals surface area contributed by atoms with Gasteiger partial charge >= 0.3 is 0 Å². The van der Waals surface area contributed by atoms with E-state index in [1.165, 1.54) is 6.20 Å². The number of nitrogens with one attached hydrogen (secondary N) is 2. The van der Waals surface area contributed by atoms with E-state index < -0.39 is 15.9 Å². The summed E-state index contributed by atoms with van der Waals surface area (Å²) in [5.41, 5.74) is 1.87. The van der Waals surface area contributed by atoms with Crippen molar-refractivity contribution in [2.24, 2.45) is 9.98 Å². The Morgan fingerprint density at radius 2 is 2.17 bits per heavy atom. The molecule has 2 aromatic rings. The van der Waals surface area contributed by atoms with Crippen molar-refractivity contribution in [3.63, 3.8) is 0 Å². The standard InChI is InChI=1S/C23H30N6O5S2/c1-5-34-21(13-24-3)26-15(2)16-6-9-20(25-12-16)28-22(30)18(10-11-33-4)19-14-35-23(27-19)29-36(31,32)17-7-8-17/h6,9,12-14,17-18H,3,5,7-8,10-11H2,1-2,4H3,(H,27,29)(H,25,28,30)/b21-13+,26-15+. The molecule has 11 nitrogen and oxygen atoms in total. The van der Waals surface area contributed by atoms with Crippen molar-refractivity contribution < 1.29 is 22.7 Å². The number of amides is 1. The fraction of sp³-hybridized carbons (Fsp3) is 0.435. The van der Waals surface area contributed by atoms with Gasteiger partial charge in [0.15, 0.2) is 5.13 Å². The van der Waals surface area contributed by atoms with Gasteiger partial charge in [0.2, 0.25) is 21.8 Å². The van der Waals surface area contributed by atoms with Crippen LogP contribution in [0.3, 0.4) is 0 Å². The van der Waals surface area contributed by atoms with Gasteiger partial charge in [0.05, 0.1) is 35.4 Å². The summed E-state index contributed by atoms with van der Waals surface area (Å²) in [6.07, 6.45) is 4.70. The molecule has 2 heterocycles. The predicted molar refractivity (Wildman–Crippen MR) is 141 cm³/mol. The number of sulfonamides is 1. The smallest absolute Gasteiger partial charge is 0.237 e. The van der Waals surface area contributed by atoms with Gasteiger partial charge in [-0.05, 0) is 52.0 Å². The molecule has 2 N–H and O–H groups in total. The van der Waals surface area contributed by atoms with Crippen LogP contribution in [0.1, 0.15) is 50.3 Å². The van der Waals surface area contributed by atoms with Crippen molar-refractivity contribution in [3.05, 3.63) is 47.1 Å². The van der Waals surface area contributed by atoms with Gasteiger partial charge < -0.3 is 14.8 Å². The van der Waals surface area contributed by atoms with Crippen LogP contribution in [0.15, 0.2) is 45.8 Å². The van der Waals surface area contributed by atoms with Gasteiger partial charge in [-0.15, -0.1) is 11.3 Å². The minimum Gasteiger partial charge on any atom is -0.477 e. The fourth-order valence-electron chi connectivity index (χ4n) is 3.17. The summed E-state index contributed by atoms with van der Waals surface area (Å²) < 4.78 is 37.5. The molecule has 0 aromatic carbocycles. The molecule has 0 spiro atoms. The second-order valence-electron chi connectivity index (χ2n) is 7.96. The van der Waals surface area contributed by atoms with Gasteiger partial charge in [0, 0.05) is 30.9 Å². The highest BCUT2D eigenvalue weighted by Gasteiger charge is 2.36. The Morgan fingerprint density at radius 3 is 2.78 bits per heavy atom. The second-order valence-corrected chi connectivity index (χ2v) is 10.8. The zero-order valence-electron chi connectivity index (χ0n) is 20.4. The highest BCUT2D eigenvalue weighted by Crippen LogP contribution is 2.32. The van der Waals surface area contributed by atoms with E-state index in [0.29, 0.717) is 55.6 Å². The molecular formula is C23H30N6O5S2. The largest absolute Gasteiger partial charge is 0.477 e. The lowest BCUT2D eigenvalue weighted by molar-refractivity contribution is -0.118. The van der Waals surface area contributed by atoms with E-state index in [1.807, 2.05) is 13.8 Å². The number of aromatic nitrogens is 2. The minimum absolute atomic E-state index is 0.247. The Labute approximate surface area is 214 Å². The molecular weight excluding hydrogens is 504 g/mol. The molecule has 1 aliphatic carbocycles. The van der Waals surface area contributed by atoms with Gasteiger partial charge in [-0.2, -0.15) is 0 Å². The van der Waals surface area contributed by atoms with Crippen LogP contribution in [0.4, 0.5) is 10.9 Å². The van der Waals surface area contributed by atoms with Crippen LogP contribution in [-0.2, 0) is 24.3 Å². The lowest BCUT2D eigenvalue weighted by atomic mass is 10.0. The van der Waals surface area contributed by atoms with Crippen molar-refractivity contribution in [2.45, 2.75) is 44.3 Å². The second kappa shape index (κ2) is 12.7. The zero-order valence-corrected chi connectivity index (χ0v) is 22.1. The number of methoxy groups -OCH3 is 1. The van der Waals surface area contributed by atoms with Crippen molar-refractivity contribution in [1.29, 1.82) is 0 Å². The van der Waals surface area contributed by atoms with Crippen molar-refractivity contribution in [1.82, 2.24) is 9.97 Å². The first kappa shape index (κ1) is 27.4. The number of carbonyl (C=O) groups excluding carboxylic acids is 1. The van der Waals surface area contributed by atoms with Gasteiger partial charge in [-0.3, -0.25) is 14.5 Å². The van der Waals surface area contributed by atoms with E-state index in [9.17, 15) is 13.2 Å². The molecule has 3 rings (SSSR count). The number of thiazole rings is 1. The number of ether oxygens (including phenoxy) is 2. The Bertz CT molecular complexity index is 1220. The molecule has 0 aliphatic heterocycles. The Balaban J connectivity index is 1.71. The first-order chi connectivity index (χ1) is 17.3. The van der Waals surface area contributed by atoms with E-state index in [-0.39, 0.29) is 16.3 Å². The summed E-state index contributed by atoms with van der Waals surface area (Å²) in [4.78, 5) is 29.9. The summed E-state index contributed by atoms with van der Waals surface area (Å²) in [6.45, 7) is 7.84. The molecule has 0 bridgehead atoms. The van der Waals surface area contributed by atoms with Crippen LogP contribution < -0.4 is 10.0 Å². The van der Waals surface area contributed by atoms with E-state index in [2.05, 4.69) is 36.7 Å². The monoisotopic (exact) mass is 534 g/mol. The predicted octanol–water partition coefficient (Wildman–Crippen LogP) is 3.55. The summed E-state index contributed by atoms with van der Waals surface area (Å²) >= 11 is 1.15. The van der Waals surface area contributed by atoms with Gasteiger partial charge in [0.25, 0.3) is 0 Å². The molecule has 1 atom stereocenters. The van der Waals surface area contributed by atoms with E-state index in [0.717, 1.165) is 16.9 Å². The molecule has 1 aliphatic rings. The summed E-state index contributed by atoms with van der Waals surface area (Å²) in [6, 6.07) is 3.45. The molecule has 1 amide bonds. The van der Waals surface area contributed by atoms with Crippen LogP contribution in [0.25, 0.3) is 0 Å². The van der Waals surface area contributed by atoms with Crippen molar-refractivity contribution in [3.8, 4) is 0 Å². The molecule has 36 heavy (non-hydrogen) atoms. The Morgan fingerprint density at radius 1 is 1.39 bits per heavy atom. The van der Waals surface area contributed by atoms with E-state index in [1.54, 1.807) is 30.8 Å². The van der Waals surface area contributed by atoms with E-state index in [4.69, 9.17) is 9.47 Å². The number of nitrogens with zero attached hydrogens (tertiary/aromatic N) is 4. The normalized spacial score (nSPS) is 15.3. The maximum absolute atomic E-state index is 13.1. The van der Waals surface area contributed by atoms with Crippen LogP contribution in [0, 0.1) is 0 Å². The number of carbonyl (C=O) groups is 1. The maximum atomic E-state index is 13.1. The minimum atomic E-state index is -3.43. The van der Waals surface area contributed by atoms with E-state index >= 15 is 0 Å². The molecule has 2 aromatic heterocycles. The number of aliphatic imine (C=N–C) groups is 2. The maximum Gasteiger partial charge on any atom is 0.237 e. The lowest BCUT2D eigenvalue weighted by Gasteiger charge is -2.14. The lowest BCUT2D eigenvalue weighted by Crippen LogP contribution is -2.23. The SMILES string of the molecule is C=N/C=C(\N=C(/C)c1ccc(NC(=O)C(CCOC)c2csc(NS(=O)(=O)C3CC3)n2)nc1)OCC. The topological polar surface area (TPSA) is 144 Å². The molecule has 0 radical (unpaired) electrons. The Kier molecular flexibility index (Phi) is 9.67. The molecule has 13 heteroatoms. The quantitative estimate of drug-likeness (QED) is 0.279. The van der Waals surface area contributed by atoms with Crippen LogP contribution >= 0.6 is 11.3 Å². The molecule has 1 unspecified atom stereocenters. The van der Waals surface area contributed by atoms with Crippen molar-refractivity contribution >= 4 is 50.6 Å². The van der Waals surface area contributed by atoms with Gasteiger partial charge in [-0.25, -0.2) is 23.4 Å². The zero-order chi connectivity index (χ0) is 26.1. The molecule has 194 valence electrons. The third-order valence-electron chi connectivity index (χ3n) is 5.20.